The number of likely N-dealkylation sites (tertiary alicyclic amines) is 1. The molecule has 3 unspecified atom stereocenters. The minimum Gasteiger partial charge on any atom is -0.489 e. The van der Waals surface area contributed by atoms with Crippen LogP contribution in [0.5, 0.6) is 5.75 Å². The lowest BCUT2D eigenvalue weighted by molar-refractivity contribution is 0.0775. The molecular weight excluding hydrogens is 300 g/mol. The number of nitrogens with zero attached hydrogens (tertiary/aromatic N) is 1. The Bertz CT molecular complexity index is 549. The standard InChI is InChI=1S/C17H22N2O2.ClH/c1-2-9-21-16-6-4-3-5-13(16)17(20)19-10-12-7-8-15(18)14(12)11-19;/h2-6,12,14-15H,1,7-11,18H2;1H. The van der Waals surface area contributed by atoms with Crippen LogP contribution in [0.4, 0.5) is 0 Å². The van der Waals surface area contributed by atoms with Crippen LogP contribution in [0.3, 0.4) is 0 Å². The molecule has 22 heavy (non-hydrogen) atoms. The number of benzene rings is 1. The number of halogens is 1. The van der Waals surface area contributed by atoms with Gasteiger partial charge in [0.25, 0.3) is 5.91 Å². The van der Waals surface area contributed by atoms with Crippen molar-refractivity contribution in [1.82, 2.24) is 4.90 Å². The molecule has 0 bridgehead atoms. The predicted octanol–water partition coefficient (Wildman–Crippen LogP) is 2.48. The van der Waals surface area contributed by atoms with E-state index in [0.29, 0.717) is 29.8 Å². The highest BCUT2D eigenvalue weighted by Crippen LogP contribution is 2.38. The van der Waals surface area contributed by atoms with Crippen molar-refractivity contribution < 1.29 is 9.53 Å². The lowest BCUT2D eigenvalue weighted by Gasteiger charge is -2.20. The molecule has 2 fully saturated rings. The van der Waals surface area contributed by atoms with Crippen LogP contribution in [0, 0.1) is 11.8 Å². The Kier molecular flexibility index (Phi) is 5.48. The molecule has 2 aliphatic rings. The van der Waals surface area contributed by atoms with E-state index in [-0.39, 0.29) is 24.4 Å². The molecule has 3 rings (SSSR count). The van der Waals surface area contributed by atoms with Gasteiger partial charge in [-0.2, -0.15) is 0 Å². The predicted molar refractivity (Wildman–Crippen MR) is 89.5 cm³/mol. The first-order valence-electron chi connectivity index (χ1n) is 7.58. The maximum absolute atomic E-state index is 12.7. The molecule has 1 saturated heterocycles. The Morgan fingerprint density at radius 1 is 1.36 bits per heavy atom. The summed E-state index contributed by atoms with van der Waals surface area (Å²) in [6.45, 7) is 5.65. The Morgan fingerprint density at radius 3 is 2.86 bits per heavy atom. The Morgan fingerprint density at radius 2 is 2.14 bits per heavy atom. The molecule has 3 atom stereocenters. The molecule has 2 N–H and O–H groups in total. The third kappa shape index (κ3) is 3.13. The summed E-state index contributed by atoms with van der Waals surface area (Å²) in [5, 5.41) is 0. The van der Waals surface area contributed by atoms with E-state index in [2.05, 4.69) is 6.58 Å². The summed E-state index contributed by atoms with van der Waals surface area (Å²) < 4.78 is 5.59. The molecule has 1 aromatic rings. The number of rotatable bonds is 4. The fourth-order valence-corrected chi connectivity index (χ4v) is 3.56. The molecule has 5 heteroatoms. The Balaban J connectivity index is 0.00000176. The highest BCUT2D eigenvalue weighted by atomic mass is 35.5. The quantitative estimate of drug-likeness (QED) is 0.866. The average Bonchev–Trinajstić information content (AvgIpc) is 3.07. The number of nitrogens with two attached hydrogens (primary N) is 1. The van der Waals surface area contributed by atoms with Gasteiger partial charge in [-0.15, -0.1) is 12.4 Å². The first-order chi connectivity index (χ1) is 10.2. The molecule has 1 amide bonds. The summed E-state index contributed by atoms with van der Waals surface area (Å²) in [5.74, 6) is 1.72. The van der Waals surface area contributed by atoms with Crippen LogP contribution in [0.25, 0.3) is 0 Å². The summed E-state index contributed by atoms with van der Waals surface area (Å²) in [6, 6.07) is 7.66. The van der Waals surface area contributed by atoms with Crippen LogP contribution in [0.2, 0.25) is 0 Å². The van der Waals surface area contributed by atoms with Crippen molar-refractivity contribution in [2.24, 2.45) is 17.6 Å². The molecule has 1 aromatic carbocycles. The lowest BCUT2D eigenvalue weighted by Crippen LogP contribution is -2.33. The molecule has 4 nitrogen and oxygen atoms in total. The second kappa shape index (κ2) is 7.16. The van der Waals surface area contributed by atoms with Gasteiger partial charge in [-0.25, -0.2) is 0 Å². The van der Waals surface area contributed by atoms with Crippen molar-refractivity contribution in [1.29, 1.82) is 0 Å². The van der Waals surface area contributed by atoms with E-state index < -0.39 is 0 Å². The summed E-state index contributed by atoms with van der Waals surface area (Å²) in [4.78, 5) is 14.7. The van der Waals surface area contributed by atoms with Crippen LogP contribution in [-0.4, -0.2) is 36.5 Å². The van der Waals surface area contributed by atoms with E-state index in [1.54, 1.807) is 6.08 Å². The summed E-state index contributed by atoms with van der Waals surface area (Å²) in [5.41, 5.74) is 6.78. The van der Waals surface area contributed by atoms with Crippen molar-refractivity contribution >= 4 is 18.3 Å². The molecule has 1 aliphatic heterocycles. The van der Waals surface area contributed by atoms with Gasteiger partial charge >= 0.3 is 0 Å². The van der Waals surface area contributed by atoms with Gasteiger partial charge < -0.3 is 15.4 Å². The Labute approximate surface area is 137 Å². The van der Waals surface area contributed by atoms with Crippen LogP contribution < -0.4 is 10.5 Å². The zero-order chi connectivity index (χ0) is 14.8. The highest BCUT2D eigenvalue weighted by molar-refractivity contribution is 5.97. The van der Waals surface area contributed by atoms with Gasteiger partial charge in [0.2, 0.25) is 0 Å². The molecular formula is C17H23ClN2O2. The van der Waals surface area contributed by atoms with Gasteiger partial charge in [-0.3, -0.25) is 4.79 Å². The molecule has 0 aromatic heterocycles. The smallest absolute Gasteiger partial charge is 0.257 e. The molecule has 1 aliphatic carbocycles. The zero-order valence-corrected chi connectivity index (χ0v) is 13.4. The number of fused-ring (bicyclic) bond motifs is 1. The molecule has 1 saturated carbocycles. The number of para-hydroxylation sites is 1. The SMILES string of the molecule is C=CCOc1ccccc1C(=O)N1CC2CCC(N)C2C1.Cl. The monoisotopic (exact) mass is 322 g/mol. The van der Waals surface area contributed by atoms with E-state index >= 15 is 0 Å². The second-order valence-corrected chi connectivity index (χ2v) is 5.97. The van der Waals surface area contributed by atoms with Gasteiger partial charge in [0.15, 0.2) is 0 Å². The fourth-order valence-electron chi connectivity index (χ4n) is 3.56. The number of amides is 1. The van der Waals surface area contributed by atoms with E-state index in [9.17, 15) is 4.79 Å². The largest absolute Gasteiger partial charge is 0.489 e. The summed E-state index contributed by atoms with van der Waals surface area (Å²) in [7, 11) is 0. The highest BCUT2D eigenvalue weighted by Gasteiger charge is 2.42. The molecule has 0 radical (unpaired) electrons. The maximum atomic E-state index is 12.7. The molecule has 1 heterocycles. The van der Waals surface area contributed by atoms with Gasteiger partial charge in [-0.1, -0.05) is 24.8 Å². The van der Waals surface area contributed by atoms with Crippen molar-refractivity contribution in [3.05, 3.63) is 42.5 Å². The molecule has 120 valence electrons. The molecule has 0 spiro atoms. The van der Waals surface area contributed by atoms with Crippen LogP contribution in [0.15, 0.2) is 36.9 Å². The minimum atomic E-state index is 0. The third-order valence-electron chi connectivity index (χ3n) is 4.67. The van der Waals surface area contributed by atoms with Gasteiger partial charge in [-0.05, 0) is 36.8 Å². The van der Waals surface area contributed by atoms with Crippen molar-refractivity contribution in [2.45, 2.75) is 18.9 Å². The van der Waals surface area contributed by atoms with E-state index in [0.717, 1.165) is 25.9 Å². The van der Waals surface area contributed by atoms with Crippen molar-refractivity contribution in [3.8, 4) is 5.75 Å². The second-order valence-electron chi connectivity index (χ2n) is 5.97. The Hall–Kier alpha value is -1.52. The van der Waals surface area contributed by atoms with Gasteiger partial charge in [0.05, 0.1) is 5.56 Å². The van der Waals surface area contributed by atoms with E-state index in [4.69, 9.17) is 10.5 Å². The first-order valence-corrected chi connectivity index (χ1v) is 7.58. The summed E-state index contributed by atoms with van der Waals surface area (Å²) in [6.07, 6.45) is 3.92. The zero-order valence-electron chi connectivity index (χ0n) is 12.6. The lowest BCUT2D eigenvalue weighted by atomic mass is 9.98. The van der Waals surface area contributed by atoms with Crippen molar-refractivity contribution in [3.63, 3.8) is 0 Å². The van der Waals surface area contributed by atoms with Crippen LogP contribution in [-0.2, 0) is 0 Å². The fraction of sp³-hybridized carbons (Fsp3) is 0.471. The third-order valence-corrected chi connectivity index (χ3v) is 4.67. The van der Waals surface area contributed by atoms with E-state index in [1.807, 2.05) is 29.2 Å². The average molecular weight is 323 g/mol. The number of hydrogen-bond donors (Lipinski definition) is 1. The van der Waals surface area contributed by atoms with Crippen LogP contribution >= 0.6 is 12.4 Å². The first kappa shape index (κ1) is 16.8. The van der Waals surface area contributed by atoms with Crippen LogP contribution in [0.1, 0.15) is 23.2 Å². The minimum absolute atomic E-state index is 0. The maximum Gasteiger partial charge on any atom is 0.257 e. The summed E-state index contributed by atoms with van der Waals surface area (Å²) >= 11 is 0. The normalized spacial score (nSPS) is 26.2. The van der Waals surface area contributed by atoms with E-state index in [1.165, 1.54) is 0 Å². The number of hydrogen-bond acceptors (Lipinski definition) is 3. The number of carbonyl (C=O) groups excluding carboxylic acids is 1. The number of carbonyl (C=O) groups is 1. The van der Waals surface area contributed by atoms with Gasteiger partial charge in [0.1, 0.15) is 12.4 Å². The number of ether oxygens (including phenoxy) is 1. The topological polar surface area (TPSA) is 55.6 Å². The van der Waals surface area contributed by atoms with Gasteiger partial charge in [0, 0.05) is 19.1 Å². The van der Waals surface area contributed by atoms with Crippen molar-refractivity contribution in [2.75, 3.05) is 19.7 Å².